The summed E-state index contributed by atoms with van der Waals surface area (Å²) < 4.78 is 46.1. The van der Waals surface area contributed by atoms with Crippen molar-refractivity contribution in [3.05, 3.63) is 108 Å². The van der Waals surface area contributed by atoms with Crippen LogP contribution in [0, 0.1) is 0 Å². The van der Waals surface area contributed by atoms with Crippen LogP contribution in [0.15, 0.2) is 91.4 Å². The predicted molar refractivity (Wildman–Crippen MR) is 220 cm³/mol. The molecule has 2 aliphatic rings. The maximum Gasteiger partial charge on any atom is 0.490 e. The Bertz CT molecular complexity index is 2300. The molecule has 17 nitrogen and oxygen atoms in total. The van der Waals surface area contributed by atoms with E-state index >= 15 is 0 Å². The van der Waals surface area contributed by atoms with Crippen molar-refractivity contribution in [1.82, 2.24) is 45.8 Å². The lowest BCUT2D eigenvalue weighted by atomic mass is 9.91. The van der Waals surface area contributed by atoms with Gasteiger partial charge in [-0.2, -0.15) is 13.2 Å². The number of hydrogen-bond acceptors (Lipinski definition) is 12. The van der Waals surface area contributed by atoms with Crippen molar-refractivity contribution in [3.8, 4) is 0 Å². The molecule has 4 amide bonds. The molecule has 0 radical (unpaired) electrons. The largest absolute Gasteiger partial charge is 0.490 e. The van der Waals surface area contributed by atoms with E-state index < -0.39 is 54.3 Å². The molecule has 5 aromatic rings. The first-order chi connectivity index (χ1) is 29.9. The molecule has 5 atom stereocenters. The number of benzene rings is 2. The fourth-order valence-electron chi connectivity index (χ4n) is 7.74. The minimum Gasteiger partial charge on any atom is -0.451 e. The average molecular weight is 858 g/mol. The molecule has 326 valence electrons. The van der Waals surface area contributed by atoms with E-state index in [9.17, 15) is 37.5 Å². The average Bonchev–Trinajstić information content (AvgIpc) is 4.00. The van der Waals surface area contributed by atoms with Crippen LogP contribution in [-0.4, -0.2) is 117 Å². The zero-order valence-corrected chi connectivity index (χ0v) is 33.6. The summed E-state index contributed by atoms with van der Waals surface area (Å²) in [7, 11) is 0. The Labute approximate surface area is 353 Å². The normalized spacial score (nSPS) is 19.9. The molecule has 0 spiro atoms. The third kappa shape index (κ3) is 10.2. The number of alkyl halides is 3. The van der Waals surface area contributed by atoms with Gasteiger partial charge in [0.25, 0.3) is 5.91 Å². The van der Waals surface area contributed by atoms with Crippen LogP contribution >= 0.6 is 0 Å². The number of pyridine rings is 1. The first kappa shape index (κ1) is 43.3. The summed E-state index contributed by atoms with van der Waals surface area (Å²) in [5.41, 5.74) is 2.18. The van der Waals surface area contributed by atoms with Gasteiger partial charge in [-0.25, -0.2) is 29.5 Å². The molecule has 7 rings (SSSR count). The number of rotatable bonds is 15. The second kappa shape index (κ2) is 19.3. The van der Waals surface area contributed by atoms with Gasteiger partial charge in [-0.15, -0.1) is 0 Å². The number of anilines is 2. The van der Waals surface area contributed by atoms with Gasteiger partial charge in [0.15, 0.2) is 17.6 Å². The number of urea groups is 1. The van der Waals surface area contributed by atoms with E-state index in [-0.39, 0.29) is 67.2 Å². The standard InChI is InChI=1S/C42H46F3N11O6/c1-2-32(57)52-29-21-30(34(58)35(29)62-40(60)42(43,44)45)56-24-50-33-36(49-22-28(25-11-5-3-6-12-25)26-13-7-4-8-14-26)53-37(54-38(33)56)39(59)47-18-19-48-41(61)51-27-16-20-55(23-27)31-15-9-10-17-46-31/h3-15,17,24,27-30,34-35,58H,2,16,18-23H2,1H3,(H,47,59)(H,52,57)(H2,48,51,61)(H,49,53,54)/t27-,29-,30+,34-,35+/m0/s1. The van der Waals surface area contributed by atoms with Crippen molar-refractivity contribution >= 4 is 46.6 Å². The van der Waals surface area contributed by atoms with Crippen molar-refractivity contribution in [2.24, 2.45) is 0 Å². The maximum atomic E-state index is 13.7. The lowest BCUT2D eigenvalue weighted by Gasteiger charge is -2.24. The smallest absolute Gasteiger partial charge is 0.451 e. The number of aliphatic hydroxyl groups is 1. The van der Waals surface area contributed by atoms with Gasteiger partial charge in [0, 0.05) is 57.3 Å². The fraction of sp³-hybridized carbons (Fsp3) is 0.381. The molecule has 1 aliphatic heterocycles. The van der Waals surface area contributed by atoms with Crippen LogP contribution in [0.5, 0.6) is 0 Å². The molecule has 2 aromatic carbocycles. The van der Waals surface area contributed by atoms with Gasteiger partial charge in [0.1, 0.15) is 17.4 Å². The van der Waals surface area contributed by atoms with Crippen LogP contribution in [0.1, 0.15) is 59.9 Å². The van der Waals surface area contributed by atoms with E-state index in [1.807, 2.05) is 78.9 Å². The number of hydrogen-bond donors (Lipinski definition) is 6. The summed E-state index contributed by atoms with van der Waals surface area (Å²) in [4.78, 5) is 70.8. The second-order valence-electron chi connectivity index (χ2n) is 14.9. The minimum absolute atomic E-state index is 0.00309. The zero-order chi connectivity index (χ0) is 43.8. The lowest BCUT2D eigenvalue weighted by molar-refractivity contribution is -0.209. The summed E-state index contributed by atoms with van der Waals surface area (Å²) in [6, 6.07) is 22.2. The van der Waals surface area contributed by atoms with Crippen LogP contribution in [0.4, 0.5) is 29.6 Å². The zero-order valence-electron chi connectivity index (χ0n) is 33.6. The van der Waals surface area contributed by atoms with Crippen molar-refractivity contribution < 1.29 is 42.2 Å². The number of imidazole rings is 1. The number of nitrogens with zero attached hydrogens (tertiary/aromatic N) is 6. The topological polar surface area (TPSA) is 218 Å². The Balaban J connectivity index is 1.11. The highest BCUT2D eigenvalue weighted by Gasteiger charge is 2.51. The molecular formula is C42H46F3N11O6. The van der Waals surface area contributed by atoms with E-state index in [1.165, 1.54) is 17.8 Å². The third-order valence-electron chi connectivity index (χ3n) is 10.8. The summed E-state index contributed by atoms with van der Waals surface area (Å²) in [5.74, 6) is -3.31. The maximum absolute atomic E-state index is 13.7. The quantitative estimate of drug-likeness (QED) is 0.0660. The Morgan fingerprint density at radius 1 is 0.903 bits per heavy atom. The van der Waals surface area contributed by atoms with Crippen LogP contribution in [-0.2, 0) is 14.3 Å². The molecule has 1 saturated carbocycles. The monoisotopic (exact) mass is 857 g/mol. The van der Waals surface area contributed by atoms with Gasteiger partial charge in [0.05, 0.1) is 18.4 Å². The van der Waals surface area contributed by atoms with Crippen LogP contribution < -0.4 is 31.5 Å². The number of amides is 4. The van der Waals surface area contributed by atoms with E-state index in [0.717, 1.165) is 29.9 Å². The second-order valence-corrected chi connectivity index (χ2v) is 14.9. The number of carbonyl (C=O) groups is 4. The Morgan fingerprint density at radius 2 is 1.60 bits per heavy atom. The fourth-order valence-corrected chi connectivity index (χ4v) is 7.74. The molecule has 1 aliphatic carbocycles. The SMILES string of the molecule is CCC(=O)N[C@H]1C[C@@H](n2cnc3c(NCC(c4ccccc4)c4ccccc4)nc(C(=O)NCCNC(=O)N[C@H]4CCN(c5ccccn5)C4)nc32)[C@H](O)[C@@H]1OC(=O)C(F)(F)F. The van der Waals surface area contributed by atoms with Crippen molar-refractivity contribution in [2.45, 2.75) is 68.6 Å². The van der Waals surface area contributed by atoms with Crippen LogP contribution in [0.3, 0.4) is 0 Å². The molecule has 20 heteroatoms. The highest BCUT2D eigenvalue weighted by molar-refractivity contribution is 5.94. The van der Waals surface area contributed by atoms with E-state index in [4.69, 9.17) is 4.74 Å². The summed E-state index contributed by atoms with van der Waals surface area (Å²) in [6.07, 6.45) is -5.36. The van der Waals surface area contributed by atoms with Crippen LogP contribution in [0.2, 0.25) is 0 Å². The first-order valence-electron chi connectivity index (χ1n) is 20.2. The van der Waals surface area contributed by atoms with Crippen molar-refractivity contribution in [1.29, 1.82) is 0 Å². The highest BCUT2D eigenvalue weighted by atomic mass is 19.4. The number of esters is 1. The number of aromatic nitrogens is 5. The molecule has 3 aromatic heterocycles. The number of fused-ring (bicyclic) bond motifs is 1. The highest BCUT2D eigenvalue weighted by Crippen LogP contribution is 2.37. The van der Waals surface area contributed by atoms with E-state index in [2.05, 4.69) is 51.4 Å². The molecule has 1 saturated heterocycles. The number of aliphatic hydroxyl groups excluding tert-OH is 1. The van der Waals surface area contributed by atoms with Crippen molar-refractivity contribution in [3.63, 3.8) is 0 Å². The predicted octanol–water partition coefficient (Wildman–Crippen LogP) is 3.45. The summed E-state index contributed by atoms with van der Waals surface area (Å²) >= 11 is 0. The molecule has 4 heterocycles. The molecule has 0 unspecified atom stereocenters. The molecule has 6 N–H and O–H groups in total. The lowest BCUT2D eigenvalue weighted by Crippen LogP contribution is -2.47. The minimum atomic E-state index is -5.36. The van der Waals surface area contributed by atoms with Crippen LogP contribution in [0.25, 0.3) is 11.2 Å². The van der Waals surface area contributed by atoms with Gasteiger partial charge in [-0.3, -0.25) is 9.59 Å². The van der Waals surface area contributed by atoms with Gasteiger partial charge < -0.3 is 45.9 Å². The Hall–Kier alpha value is -6.83. The molecule has 62 heavy (non-hydrogen) atoms. The Morgan fingerprint density at radius 3 is 2.26 bits per heavy atom. The first-order valence-corrected chi connectivity index (χ1v) is 20.2. The molecular weight excluding hydrogens is 812 g/mol. The van der Waals surface area contributed by atoms with Gasteiger partial charge in [-0.1, -0.05) is 73.7 Å². The number of ether oxygens (including phenoxy) is 1. The Kier molecular flexibility index (Phi) is 13.4. The summed E-state index contributed by atoms with van der Waals surface area (Å²) in [5, 5.41) is 25.7. The van der Waals surface area contributed by atoms with Gasteiger partial charge in [0.2, 0.25) is 11.7 Å². The van der Waals surface area contributed by atoms with Crippen molar-refractivity contribution in [2.75, 3.05) is 42.9 Å². The van der Waals surface area contributed by atoms with Gasteiger partial charge in [-0.05, 0) is 36.1 Å². The number of carbonyl (C=O) groups excluding carboxylic acids is 4. The number of nitrogens with one attached hydrogen (secondary N) is 5. The molecule has 0 bridgehead atoms. The molecule has 2 fully saturated rings. The van der Waals surface area contributed by atoms with E-state index in [1.54, 1.807) is 6.20 Å². The van der Waals surface area contributed by atoms with E-state index in [0.29, 0.717) is 6.54 Å². The third-order valence-corrected chi connectivity index (χ3v) is 10.8. The summed E-state index contributed by atoms with van der Waals surface area (Å²) in [6.45, 7) is 3.20. The number of halogens is 3. The van der Waals surface area contributed by atoms with Gasteiger partial charge >= 0.3 is 18.2 Å².